The number of ether oxygens (including phenoxy) is 1. The molecule has 1 aromatic heterocycles. The largest absolute Gasteiger partial charge is 0.478 e. The van der Waals surface area contributed by atoms with Gasteiger partial charge in [-0.25, -0.2) is 0 Å². The highest BCUT2D eigenvalue weighted by atomic mass is 35.5. The monoisotopic (exact) mass is 434 g/mol. The number of nitrogens with one attached hydrogen (secondary N) is 1. The van der Waals surface area contributed by atoms with Crippen LogP contribution in [0.3, 0.4) is 0 Å². The summed E-state index contributed by atoms with van der Waals surface area (Å²) < 4.78 is 5.86. The summed E-state index contributed by atoms with van der Waals surface area (Å²) in [5, 5.41) is 12.3. The summed E-state index contributed by atoms with van der Waals surface area (Å²) in [5.41, 5.74) is 2.72. The number of hydrogen-bond acceptors (Lipinski definition) is 4. The number of para-hydroxylation sites is 1. The zero-order valence-corrected chi connectivity index (χ0v) is 18.3. The average Bonchev–Trinajstić information content (AvgIpc) is 3.17. The highest BCUT2D eigenvalue weighted by Crippen LogP contribution is 2.28. The lowest BCUT2D eigenvalue weighted by atomic mass is 10.1. The molecule has 0 bridgehead atoms. The number of aromatic nitrogens is 3. The van der Waals surface area contributed by atoms with Gasteiger partial charge in [-0.1, -0.05) is 48.9 Å². The Hall–Kier alpha value is -3.38. The molecule has 0 fully saturated rings. The van der Waals surface area contributed by atoms with Gasteiger partial charge in [0.2, 0.25) is 0 Å². The molecule has 31 heavy (non-hydrogen) atoms. The summed E-state index contributed by atoms with van der Waals surface area (Å²) in [7, 11) is 0. The van der Waals surface area contributed by atoms with E-state index in [2.05, 4.69) is 34.6 Å². The lowest BCUT2D eigenvalue weighted by Crippen LogP contribution is -2.42. The molecule has 0 atom stereocenters. The number of carbonyl (C=O) groups is 1. The summed E-state index contributed by atoms with van der Waals surface area (Å²) in [6.45, 7) is 5.52. The fourth-order valence-electron chi connectivity index (χ4n) is 3.12. The van der Waals surface area contributed by atoms with Gasteiger partial charge < -0.3 is 10.1 Å². The second kappa shape index (κ2) is 8.40. The van der Waals surface area contributed by atoms with Crippen molar-refractivity contribution >= 4 is 34.2 Å². The summed E-state index contributed by atoms with van der Waals surface area (Å²) in [5.74, 6) is 0.293. The minimum absolute atomic E-state index is 0.319. The van der Waals surface area contributed by atoms with Gasteiger partial charge in [-0.3, -0.25) is 4.79 Å². The van der Waals surface area contributed by atoms with Crippen molar-refractivity contribution in [2.75, 3.05) is 5.32 Å². The first kappa shape index (κ1) is 20.9. The summed E-state index contributed by atoms with van der Waals surface area (Å²) >= 11 is 6.42. The SMILES string of the molecule is CCc1ccc(-n2nc3cc(Cl)c(NC(=O)C(C)(C)Oc4ccccc4)cc3n2)cc1. The Morgan fingerprint density at radius 2 is 1.68 bits per heavy atom. The number of benzene rings is 3. The second-order valence-electron chi connectivity index (χ2n) is 7.71. The average molecular weight is 435 g/mol. The van der Waals surface area contributed by atoms with Gasteiger partial charge in [0.25, 0.3) is 5.91 Å². The van der Waals surface area contributed by atoms with E-state index in [-0.39, 0.29) is 5.91 Å². The number of anilines is 1. The maximum absolute atomic E-state index is 12.9. The third-order valence-corrected chi connectivity index (χ3v) is 5.27. The predicted molar refractivity (Wildman–Crippen MR) is 123 cm³/mol. The number of hydrogen-bond donors (Lipinski definition) is 1. The first-order chi connectivity index (χ1) is 14.9. The fraction of sp³-hybridized carbons (Fsp3) is 0.208. The zero-order chi connectivity index (χ0) is 22.0. The molecule has 1 heterocycles. The number of halogens is 1. The van der Waals surface area contributed by atoms with Crippen LogP contribution in [0.1, 0.15) is 26.3 Å². The Balaban J connectivity index is 1.57. The van der Waals surface area contributed by atoms with Gasteiger partial charge in [0, 0.05) is 0 Å². The van der Waals surface area contributed by atoms with Crippen molar-refractivity contribution in [3.63, 3.8) is 0 Å². The smallest absolute Gasteiger partial charge is 0.268 e. The Kier molecular flexibility index (Phi) is 5.65. The van der Waals surface area contributed by atoms with Crippen molar-refractivity contribution in [3.05, 3.63) is 77.3 Å². The predicted octanol–water partition coefficient (Wildman–Crippen LogP) is 5.43. The molecule has 4 aromatic rings. The molecule has 6 nitrogen and oxygen atoms in total. The van der Waals surface area contributed by atoms with E-state index in [0.29, 0.717) is 27.5 Å². The number of amides is 1. The van der Waals surface area contributed by atoms with E-state index in [1.165, 1.54) is 5.56 Å². The van der Waals surface area contributed by atoms with Crippen LogP contribution in [-0.2, 0) is 11.2 Å². The molecule has 0 saturated carbocycles. The molecule has 1 N–H and O–H groups in total. The van der Waals surface area contributed by atoms with Crippen LogP contribution in [0.15, 0.2) is 66.7 Å². The van der Waals surface area contributed by atoms with Crippen molar-refractivity contribution in [3.8, 4) is 11.4 Å². The van der Waals surface area contributed by atoms with Crippen molar-refractivity contribution in [2.24, 2.45) is 0 Å². The molecule has 3 aromatic carbocycles. The van der Waals surface area contributed by atoms with Crippen LogP contribution in [0, 0.1) is 0 Å². The highest BCUT2D eigenvalue weighted by molar-refractivity contribution is 6.34. The topological polar surface area (TPSA) is 69.0 Å². The van der Waals surface area contributed by atoms with Gasteiger partial charge in [-0.2, -0.15) is 4.80 Å². The van der Waals surface area contributed by atoms with E-state index in [1.807, 2.05) is 30.3 Å². The van der Waals surface area contributed by atoms with Crippen LogP contribution in [0.4, 0.5) is 5.69 Å². The van der Waals surface area contributed by atoms with Crippen LogP contribution in [0.25, 0.3) is 16.7 Å². The standard InChI is InChI=1S/C24H23ClN4O2/c1-4-16-10-12-17(13-11-16)29-27-21-14-19(25)20(15-22(21)28-29)26-23(30)24(2,3)31-18-8-6-5-7-9-18/h5-15H,4H2,1-3H3,(H,26,30). The van der Waals surface area contributed by atoms with Crippen LogP contribution >= 0.6 is 11.6 Å². The number of nitrogens with zero attached hydrogens (tertiary/aromatic N) is 3. The molecule has 7 heteroatoms. The molecule has 0 aliphatic heterocycles. The molecule has 0 saturated heterocycles. The van der Waals surface area contributed by atoms with E-state index in [0.717, 1.165) is 12.1 Å². The van der Waals surface area contributed by atoms with Gasteiger partial charge in [0.05, 0.1) is 16.4 Å². The molecule has 4 rings (SSSR count). The van der Waals surface area contributed by atoms with Crippen molar-refractivity contribution in [1.82, 2.24) is 15.0 Å². The molecule has 1 amide bonds. The Bertz CT molecular complexity index is 1220. The van der Waals surface area contributed by atoms with E-state index < -0.39 is 5.60 Å². The molecule has 0 aliphatic rings. The molecule has 0 unspecified atom stereocenters. The van der Waals surface area contributed by atoms with Crippen molar-refractivity contribution in [2.45, 2.75) is 32.8 Å². The lowest BCUT2D eigenvalue weighted by molar-refractivity contribution is -0.128. The lowest BCUT2D eigenvalue weighted by Gasteiger charge is -2.25. The van der Waals surface area contributed by atoms with Crippen LogP contribution in [-0.4, -0.2) is 26.5 Å². The minimum Gasteiger partial charge on any atom is -0.478 e. The van der Waals surface area contributed by atoms with E-state index in [9.17, 15) is 4.79 Å². The van der Waals surface area contributed by atoms with Gasteiger partial charge in [0.15, 0.2) is 5.60 Å². The summed E-state index contributed by atoms with van der Waals surface area (Å²) in [6, 6.07) is 20.7. The van der Waals surface area contributed by atoms with Crippen molar-refractivity contribution in [1.29, 1.82) is 0 Å². The quantitative estimate of drug-likeness (QED) is 0.439. The van der Waals surface area contributed by atoms with E-state index in [1.54, 1.807) is 42.9 Å². The second-order valence-corrected chi connectivity index (χ2v) is 8.12. The number of rotatable bonds is 6. The van der Waals surface area contributed by atoms with Gasteiger partial charge in [-0.15, -0.1) is 10.2 Å². The molecule has 0 radical (unpaired) electrons. The molecule has 0 aliphatic carbocycles. The zero-order valence-electron chi connectivity index (χ0n) is 17.6. The highest BCUT2D eigenvalue weighted by Gasteiger charge is 2.30. The number of aryl methyl sites for hydroxylation is 1. The maximum atomic E-state index is 12.9. The van der Waals surface area contributed by atoms with Crippen molar-refractivity contribution < 1.29 is 9.53 Å². The summed E-state index contributed by atoms with van der Waals surface area (Å²) in [4.78, 5) is 14.4. The first-order valence-corrected chi connectivity index (χ1v) is 10.4. The summed E-state index contributed by atoms with van der Waals surface area (Å²) in [6.07, 6.45) is 0.970. The Labute approximate surface area is 185 Å². The van der Waals surface area contributed by atoms with Gasteiger partial charge in [0.1, 0.15) is 16.8 Å². The molecular weight excluding hydrogens is 412 g/mol. The third kappa shape index (κ3) is 4.54. The Morgan fingerprint density at radius 3 is 2.32 bits per heavy atom. The Morgan fingerprint density at radius 1 is 1.03 bits per heavy atom. The first-order valence-electron chi connectivity index (χ1n) is 10.1. The fourth-order valence-corrected chi connectivity index (χ4v) is 3.32. The third-order valence-electron chi connectivity index (χ3n) is 4.96. The van der Waals surface area contributed by atoms with E-state index >= 15 is 0 Å². The minimum atomic E-state index is -1.10. The maximum Gasteiger partial charge on any atom is 0.268 e. The molecular formula is C24H23ClN4O2. The molecule has 0 spiro atoms. The van der Waals surface area contributed by atoms with Crippen LogP contribution < -0.4 is 10.1 Å². The van der Waals surface area contributed by atoms with Crippen LogP contribution in [0.2, 0.25) is 5.02 Å². The van der Waals surface area contributed by atoms with E-state index in [4.69, 9.17) is 16.3 Å². The van der Waals surface area contributed by atoms with Gasteiger partial charge in [-0.05, 0) is 62.2 Å². The van der Waals surface area contributed by atoms with Crippen LogP contribution in [0.5, 0.6) is 5.75 Å². The number of carbonyl (C=O) groups excluding carboxylic acids is 1. The number of fused-ring (bicyclic) bond motifs is 1. The van der Waals surface area contributed by atoms with Gasteiger partial charge >= 0.3 is 0 Å². The molecule has 158 valence electrons. The normalized spacial score (nSPS) is 11.5.